The van der Waals surface area contributed by atoms with Gasteiger partial charge in [0.2, 0.25) is 0 Å². The molecule has 0 N–H and O–H groups in total. The van der Waals surface area contributed by atoms with Crippen LogP contribution in [0.25, 0.3) is 22.2 Å². The van der Waals surface area contributed by atoms with E-state index in [0.29, 0.717) is 6.73 Å². The van der Waals surface area contributed by atoms with E-state index in [0.717, 1.165) is 72.3 Å². The molecule has 1 amide bonds. The number of hydrogen-bond donors (Lipinski definition) is 0. The zero-order valence-electron chi connectivity index (χ0n) is 24.8. The van der Waals surface area contributed by atoms with E-state index < -0.39 is 13.7 Å². The Morgan fingerprint density at radius 3 is 2.56 bits per heavy atom. The predicted molar refractivity (Wildman–Crippen MR) is 159 cm³/mol. The highest BCUT2D eigenvalue weighted by atomic mass is 28.3. The molecule has 1 aliphatic rings. The first-order valence-corrected chi connectivity index (χ1v) is 17.6. The van der Waals surface area contributed by atoms with Gasteiger partial charge >= 0.3 is 6.09 Å². The number of aromatic nitrogens is 4. The molecule has 4 heterocycles. The molecule has 1 atom stereocenters. The maximum absolute atomic E-state index is 12.8. The Morgan fingerprint density at radius 2 is 1.90 bits per heavy atom. The van der Waals surface area contributed by atoms with Gasteiger partial charge in [-0.15, -0.1) is 0 Å². The number of piperidine rings is 1. The van der Waals surface area contributed by atoms with E-state index in [9.17, 15) is 4.79 Å². The standard InChI is InChI=1S/C29H44N6O3Si/c1-21-31-16-22(17-32-21)24-19-35(20-37-14-15-39(6,7)8)27-26(24)25(11-12-30-27)34-13-9-10-23(18-34)33(5)28(36)38-29(2,3)4/h11-12,16-17,19,23H,9-10,13-15,18,20H2,1-8H3/t23-/m0/s1. The Bertz CT molecular complexity index is 1280. The fourth-order valence-corrected chi connectivity index (χ4v) is 5.58. The van der Waals surface area contributed by atoms with Gasteiger partial charge in [-0.25, -0.2) is 19.7 Å². The maximum Gasteiger partial charge on any atom is 0.410 e. The molecule has 3 aromatic heterocycles. The third-order valence-corrected chi connectivity index (χ3v) is 8.72. The molecule has 1 fully saturated rings. The van der Waals surface area contributed by atoms with Crippen molar-refractivity contribution < 1.29 is 14.3 Å². The molecular formula is C29H44N6O3Si. The van der Waals surface area contributed by atoms with Gasteiger partial charge in [-0.3, -0.25) is 0 Å². The first-order valence-electron chi connectivity index (χ1n) is 13.9. The van der Waals surface area contributed by atoms with E-state index in [1.165, 1.54) is 0 Å². The van der Waals surface area contributed by atoms with Crippen molar-refractivity contribution in [1.29, 1.82) is 0 Å². The number of aryl methyl sites for hydroxylation is 1. The average molecular weight is 553 g/mol. The van der Waals surface area contributed by atoms with E-state index in [4.69, 9.17) is 14.5 Å². The molecule has 1 saturated heterocycles. The molecule has 0 bridgehead atoms. The molecule has 0 unspecified atom stereocenters. The lowest BCUT2D eigenvalue weighted by Crippen LogP contribution is -2.49. The topological polar surface area (TPSA) is 85.6 Å². The third kappa shape index (κ3) is 7.36. The lowest BCUT2D eigenvalue weighted by atomic mass is 10.0. The molecule has 0 aliphatic carbocycles. The Labute approximate surface area is 233 Å². The van der Waals surface area contributed by atoms with Crippen LogP contribution >= 0.6 is 0 Å². The highest BCUT2D eigenvalue weighted by molar-refractivity contribution is 6.76. The summed E-state index contributed by atoms with van der Waals surface area (Å²) in [5.74, 6) is 0.736. The van der Waals surface area contributed by atoms with Crippen molar-refractivity contribution in [3.05, 3.63) is 36.7 Å². The lowest BCUT2D eigenvalue weighted by molar-refractivity contribution is 0.0210. The maximum atomic E-state index is 12.8. The van der Waals surface area contributed by atoms with Crippen LogP contribution in [-0.2, 0) is 16.2 Å². The second kappa shape index (κ2) is 11.6. The summed E-state index contributed by atoms with van der Waals surface area (Å²) in [4.78, 5) is 30.7. The number of pyridine rings is 1. The first kappa shape index (κ1) is 29.0. The van der Waals surface area contributed by atoms with Crippen LogP contribution in [0.5, 0.6) is 0 Å². The van der Waals surface area contributed by atoms with Crippen molar-refractivity contribution in [3.63, 3.8) is 0 Å². The highest BCUT2D eigenvalue weighted by Gasteiger charge is 2.30. The monoisotopic (exact) mass is 552 g/mol. The SMILES string of the molecule is Cc1ncc(-c2cn(COCC[Si](C)(C)C)c3nccc(N4CCC[C@H](N(C)C(=O)OC(C)(C)C)C4)c23)cn1. The fourth-order valence-electron chi connectivity index (χ4n) is 4.83. The summed E-state index contributed by atoms with van der Waals surface area (Å²) in [5, 5.41) is 1.05. The van der Waals surface area contributed by atoms with Crippen LogP contribution in [0.15, 0.2) is 30.9 Å². The van der Waals surface area contributed by atoms with Crippen molar-refractivity contribution in [3.8, 4) is 11.1 Å². The summed E-state index contributed by atoms with van der Waals surface area (Å²) < 4.78 is 13.9. The van der Waals surface area contributed by atoms with E-state index in [2.05, 4.69) is 51.3 Å². The second-order valence-corrected chi connectivity index (χ2v) is 18.4. The van der Waals surface area contributed by atoms with Crippen LogP contribution < -0.4 is 4.90 Å². The number of carbonyl (C=O) groups excluding carboxylic acids is 1. The van der Waals surface area contributed by atoms with E-state index in [-0.39, 0.29) is 12.1 Å². The van der Waals surface area contributed by atoms with Gasteiger partial charge in [-0.1, -0.05) is 19.6 Å². The quantitative estimate of drug-likeness (QED) is 0.252. The lowest BCUT2D eigenvalue weighted by Gasteiger charge is -2.39. The molecule has 9 nitrogen and oxygen atoms in total. The molecule has 0 spiro atoms. The summed E-state index contributed by atoms with van der Waals surface area (Å²) >= 11 is 0. The number of likely N-dealkylation sites (N-methyl/N-ethyl adjacent to an activating group) is 1. The molecular weight excluding hydrogens is 508 g/mol. The number of amides is 1. The number of fused-ring (bicyclic) bond motifs is 1. The predicted octanol–water partition coefficient (Wildman–Crippen LogP) is 5.95. The normalized spacial score (nSPS) is 16.5. The van der Waals surface area contributed by atoms with E-state index >= 15 is 0 Å². The second-order valence-electron chi connectivity index (χ2n) is 12.7. The number of rotatable bonds is 8. The molecule has 212 valence electrons. The Kier molecular flexibility index (Phi) is 8.65. The van der Waals surface area contributed by atoms with Crippen molar-refractivity contribution in [2.75, 3.05) is 31.6 Å². The van der Waals surface area contributed by atoms with Crippen LogP contribution in [-0.4, -0.2) is 77.0 Å². The molecule has 10 heteroatoms. The number of ether oxygens (including phenoxy) is 2. The van der Waals surface area contributed by atoms with E-state index in [1.807, 2.05) is 53.3 Å². The zero-order valence-corrected chi connectivity index (χ0v) is 25.8. The summed E-state index contributed by atoms with van der Waals surface area (Å²) in [6.07, 6.45) is 9.36. The average Bonchev–Trinajstić information content (AvgIpc) is 3.24. The number of anilines is 1. The van der Waals surface area contributed by atoms with Crippen LogP contribution in [0.4, 0.5) is 10.5 Å². The van der Waals surface area contributed by atoms with Gasteiger partial charge in [-0.05, 0) is 52.6 Å². The van der Waals surface area contributed by atoms with Crippen LogP contribution in [0, 0.1) is 6.92 Å². The molecule has 1 aliphatic heterocycles. The molecule has 0 radical (unpaired) electrons. The van der Waals surface area contributed by atoms with Crippen LogP contribution in [0.2, 0.25) is 25.7 Å². The number of carbonyl (C=O) groups is 1. The Morgan fingerprint density at radius 1 is 1.18 bits per heavy atom. The first-order chi connectivity index (χ1) is 18.3. The fraction of sp³-hybridized carbons (Fsp3) is 0.586. The third-order valence-electron chi connectivity index (χ3n) is 7.02. The minimum absolute atomic E-state index is 0.0509. The molecule has 4 rings (SSSR count). The molecule has 3 aromatic rings. The van der Waals surface area contributed by atoms with Gasteiger partial charge in [0.1, 0.15) is 23.8 Å². The minimum Gasteiger partial charge on any atom is -0.444 e. The van der Waals surface area contributed by atoms with Gasteiger partial charge in [0.25, 0.3) is 0 Å². The smallest absolute Gasteiger partial charge is 0.410 e. The molecule has 0 aromatic carbocycles. The van der Waals surface area contributed by atoms with Gasteiger partial charge in [-0.2, -0.15) is 0 Å². The van der Waals surface area contributed by atoms with Crippen LogP contribution in [0.3, 0.4) is 0 Å². The minimum atomic E-state index is -1.18. The molecule has 39 heavy (non-hydrogen) atoms. The van der Waals surface area contributed by atoms with E-state index in [1.54, 1.807) is 4.90 Å². The summed E-state index contributed by atoms with van der Waals surface area (Å²) in [6, 6.07) is 3.24. The number of hydrogen-bond acceptors (Lipinski definition) is 7. The van der Waals surface area contributed by atoms with Crippen molar-refractivity contribution in [2.45, 2.75) is 84.6 Å². The number of nitrogens with zero attached hydrogens (tertiary/aromatic N) is 6. The zero-order chi connectivity index (χ0) is 28.4. The van der Waals surface area contributed by atoms with Gasteiger partial charge in [0.05, 0.1) is 17.1 Å². The van der Waals surface area contributed by atoms with Gasteiger partial charge in [0.15, 0.2) is 0 Å². The van der Waals surface area contributed by atoms with Crippen molar-refractivity contribution in [2.24, 2.45) is 0 Å². The summed E-state index contributed by atoms with van der Waals surface area (Å²) in [5.41, 5.74) is 3.42. The van der Waals surface area contributed by atoms with Crippen LogP contribution in [0.1, 0.15) is 39.4 Å². The Hall–Kier alpha value is -2.98. The summed E-state index contributed by atoms with van der Waals surface area (Å²) in [7, 11) is 0.660. The summed E-state index contributed by atoms with van der Waals surface area (Å²) in [6.45, 7) is 17.5. The Balaban J connectivity index is 1.66. The van der Waals surface area contributed by atoms with Crippen molar-refractivity contribution in [1.82, 2.24) is 24.4 Å². The van der Waals surface area contributed by atoms with Crippen molar-refractivity contribution >= 4 is 30.9 Å². The highest BCUT2D eigenvalue weighted by Crippen LogP contribution is 2.37. The molecule has 0 saturated carbocycles. The van der Waals surface area contributed by atoms with Gasteiger partial charge < -0.3 is 23.8 Å². The van der Waals surface area contributed by atoms with Gasteiger partial charge in [0, 0.05) is 70.7 Å². The largest absolute Gasteiger partial charge is 0.444 e.